The van der Waals surface area contributed by atoms with E-state index in [1.165, 1.54) is 5.56 Å². The number of benzene rings is 7. The first-order valence-electron chi connectivity index (χ1n) is 19.3. The molecule has 0 aliphatic carbocycles. The molecule has 0 saturated carbocycles. The third-order valence-corrected chi connectivity index (χ3v) is 10.9. The molecular weight excluding hydrogens is 699 g/mol. The quantitative estimate of drug-likeness (QED) is 0.185. The maximum atomic E-state index is 11.9. The van der Waals surface area contributed by atoms with E-state index in [1.54, 1.807) is 6.07 Å². The molecule has 3 aromatic heterocycles. The molecular formula is C52H39N3O2. The number of hydrogen-bond acceptors (Lipinski definition) is 4. The Morgan fingerprint density at radius 3 is 2.04 bits per heavy atom. The Kier molecular flexibility index (Phi) is 8.12. The van der Waals surface area contributed by atoms with Crippen molar-refractivity contribution in [2.45, 2.75) is 26.2 Å². The monoisotopic (exact) mass is 737 g/mol. The van der Waals surface area contributed by atoms with Gasteiger partial charge in [-0.15, -0.1) is 0 Å². The number of phenolic OH excluding ortho intramolecular Hbond substituents is 1. The van der Waals surface area contributed by atoms with Crippen molar-refractivity contribution in [3.05, 3.63) is 182 Å². The Balaban J connectivity index is 1.24. The van der Waals surface area contributed by atoms with E-state index in [0.29, 0.717) is 17.0 Å². The van der Waals surface area contributed by atoms with Crippen molar-refractivity contribution < 1.29 is 9.52 Å². The van der Waals surface area contributed by atoms with Crippen molar-refractivity contribution in [1.29, 1.82) is 0 Å². The number of nitrogens with zero attached hydrogens (tertiary/aromatic N) is 3. The van der Waals surface area contributed by atoms with Gasteiger partial charge in [0.05, 0.1) is 28.0 Å². The molecule has 0 radical (unpaired) electrons. The third-order valence-electron chi connectivity index (χ3n) is 10.9. The molecule has 1 N–H and O–H groups in total. The van der Waals surface area contributed by atoms with Crippen LogP contribution in [0.2, 0.25) is 0 Å². The molecule has 0 spiro atoms. The fourth-order valence-electron chi connectivity index (χ4n) is 7.99. The average Bonchev–Trinajstić information content (AvgIpc) is 3.82. The van der Waals surface area contributed by atoms with E-state index in [4.69, 9.17) is 14.4 Å². The summed E-state index contributed by atoms with van der Waals surface area (Å²) in [5.74, 6) is 0.746. The normalized spacial score (nSPS) is 11.8. The molecule has 0 fully saturated rings. The summed E-state index contributed by atoms with van der Waals surface area (Å²) >= 11 is 0. The van der Waals surface area contributed by atoms with Gasteiger partial charge in [-0.05, 0) is 87.8 Å². The minimum atomic E-state index is -0.136. The number of pyridine rings is 1. The molecule has 0 amide bonds. The molecule has 57 heavy (non-hydrogen) atoms. The number of hydrogen-bond donors (Lipinski definition) is 1. The summed E-state index contributed by atoms with van der Waals surface area (Å²) in [5, 5.41) is 13.7. The van der Waals surface area contributed by atoms with E-state index in [9.17, 15) is 5.11 Å². The zero-order chi connectivity index (χ0) is 38.7. The molecule has 0 aliphatic heterocycles. The highest BCUT2D eigenvalue weighted by atomic mass is 16.3. The van der Waals surface area contributed by atoms with Crippen LogP contribution < -0.4 is 0 Å². The number of rotatable bonds is 6. The zero-order valence-corrected chi connectivity index (χ0v) is 31.9. The van der Waals surface area contributed by atoms with Crippen LogP contribution in [0.25, 0.3) is 94.7 Å². The van der Waals surface area contributed by atoms with Crippen molar-refractivity contribution in [1.82, 2.24) is 14.5 Å². The van der Waals surface area contributed by atoms with Crippen LogP contribution in [0, 0.1) is 0 Å². The number of aromatic nitrogens is 3. The molecule has 0 unspecified atom stereocenters. The highest BCUT2D eigenvalue weighted by molar-refractivity contribution is 6.07. The van der Waals surface area contributed by atoms with Gasteiger partial charge < -0.3 is 9.52 Å². The lowest BCUT2D eigenvalue weighted by Crippen LogP contribution is -2.11. The van der Waals surface area contributed by atoms with Crippen LogP contribution in [0.4, 0.5) is 0 Å². The van der Waals surface area contributed by atoms with Crippen molar-refractivity contribution in [3.8, 4) is 67.5 Å². The van der Waals surface area contributed by atoms with E-state index in [0.717, 1.165) is 77.7 Å². The molecule has 3 heterocycles. The largest absolute Gasteiger partial charge is 0.507 e. The average molecular weight is 738 g/mol. The number of fused-ring (bicyclic) bond motifs is 4. The fourth-order valence-corrected chi connectivity index (χ4v) is 7.99. The predicted octanol–water partition coefficient (Wildman–Crippen LogP) is 13.7. The van der Waals surface area contributed by atoms with Crippen LogP contribution in [-0.2, 0) is 5.41 Å². The minimum Gasteiger partial charge on any atom is -0.507 e. The number of phenols is 1. The van der Waals surface area contributed by atoms with Gasteiger partial charge in [-0.25, -0.2) is 4.98 Å². The van der Waals surface area contributed by atoms with E-state index in [1.807, 2.05) is 48.7 Å². The Labute approximate surface area is 331 Å². The molecule has 274 valence electrons. The van der Waals surface area contributed by atoms with Crippen LogP contribution in [0.1, 0.15) is 26.3 Å². The summed E-state index contributed by atoms with van der Waals surface area (Å²) in [7, 11) is 0. The number of imidazole rings is 1. The summed E-state index contributed by atoms with van der Waals surface area (Å²) in [6.45, 7) is 6.73. The first-order valence-corrected chi connectivity index (χ1v) is 19.3. The van der Waals surface area contributed by atoms with Gasteiger partial charge in [0.15, 0.2) is 0 Å². The lowest BCUT2D eigenvalue weighted by molar-refractivity contribution is 0.477. The lowest BCUT2D eigenvalue weighted by Gasteiger charge is -2.22. The molecule has 10 rings (SSSR count). The van der Waals surface area contributed by atoms with Crippen LogP contribution in [-0.4, -0.2) is 19.6 Å². The van der Waals surface area contributed by atoms with Gasteiger partial charge >= 0.3 is 0 Å². The number of furan rings is 1. The van der Waals surface area contributed by atoms with E-state index >= 15 is 0 Å². The van der Waals surface area contributed by atoms with E-state index < -0.39 is 0 Å². The van der Waals surface area contributed by atoms with Gasteiger partial charge in [-0.2, -0.15) is 0 Å². The van der Waals surface area contributed by atoms with Gasteiger partial charge in [0.25, 0.3) is 0 Å². The van der Waals surface area contributed by atoms with Gasteiger partial charge in [-0.1, -0.05) is 136 Å². The van der Waals surface area contributed by atoms with Crippen molar-refractivity contribution in [2.24, 2.45) is 0 Å². The van der Waals surface area contributed by atoms with Gasteiger partial charge in [0.1, 0.15) is 22.7 Å². The highest BCUT2D eigenvalue weighted by Gasteiger charge is 2.24. The van der Waals surface area contributed by atoms with Crippen LogP contribution >= 0.6 is 0 Å². The molecule has 5 heteroatoms. The zero-order valence-electron chi connectivity index (χ0n) is 31.9. The van der Waals surface area contributed by atoms with Gasteiger partial charge in [-0.3, -0.25) is 9.55 Å². The first-order chi connectivity index (χ1) is 27.8. The van der Waals surface area contributed by atoms with Crippen LogP contribution in [0.15, 0.2) is 180 Å². The third kappa shape index (κ3) is 6.05. The van der Waals surface area contributed by atoms with Crippen LogP contribution in [0.3, 0.4) is 0 Å². The second-order valence-corrected chi connectivity index (χ2v) is 15.6. The van der Waals surface area contributed by atoms with E-state index in [-0.39, 0.29) is 11.2 Å². The Hall–Kier alpha value is -7.24. The summed E-state index contributed by atoms with van der Waals surface area (Å²) in [5.41, 5.74) is 14.2. The maximum Gasteiger partial charge on any atom is 0.149 e. The molecule has 5 nitrogen and oxygen atoms in total. The maximum absolute atomic E-state index is 11.9. The minimum absolute atomic E-state index is 0.130. The van der Waals surface area contributed by atoms with Crippen molar-refractivity contribution in [3.63, 3.8) is 0 Å². The van der Waals surface area contributed by atoms with Crippen molar-refractivity contribution in [2.75, 3.05) is 0 Å². The summed E-state index contributed by atoms with van der Waals surface area (Å²) in [6, 6.07) is 58.3. The number of aromatic hydroxyl groups is 1. The molecule has 10 aromatic rings. The Morgan fingerprint density at radius 1 is 0.526 bits per heavy atom. The van der Waals surface area contributed by atoms with E-state index in [2.05, 4.69) is 147 Å². The van der Waals surface area contributed by atoms with Crippen LogP contribution in [0.5, 0.6) is 5.75 Å². The van der Waals surface area contributed by atoms with Gasteiger partial charge in [0.2, 0.25) is 0 Å². The fraction of sp³-hybridized carbons (Fsp3) is 0.0769. The Morgan fingerprint density at radius 2 is 1.23 bits per heavy atom. The topological polar surface area (TPSA) is 64.1 Å². The SMILES string of the molecule is CC(C)(C)c1cc(-c2cc(-c3ccccc3)ccn2)cc(-c2cccc3c2nc(-c2cc4oc5ccccc5c4cc2O)n3-c2ccccc2-c2ccccc2)c1. The Bertz CT molecular complexity index is 3120. The second kappa shape index (κ2) is 13.5. The van der Waals surface area contributed by atoms with Crippen molar-refractivity contribution >= 4 is 33.0 Å². The second-order valence-electron chi connectivity index (χ2n) is 15.6. The first kappa shape index (κ1) is 34.3. The number of para-hydroxylation sites is 3. The summed E-state index contributed by atoms with van der Waals surface area (Å²) < 4.78 is 8.54. The molecule has 0 aliphatic rings. The highest BCUT2D eigenvalue weighted by Crippen LogP contribution is 2.43. The predicted molar refractivity (Wildman–Crippen MR) is 234 cm³/mol. The molecule has 0 atom stereocenters. The lowest BCUT2D eigenvalue weighted by atomic mass is 9.83. The smallest absolute Gasteiger partial charge is 0.149 e. The standard InChI is InChI=1S/C52H39N3O2/c1-52(2,3)38-28-36(27-37(29-38)44-30-35(25-26-53-44)33-15-6-4-7-16-33)40-21-14-23-46-50(40)54-51(55(46)45-22-12-10-19-39(45)34-17-8-5-9-18-34)43-32-49-42(31-47(43)56)41-20-11-13-24-48(41)57-49/h4-32,56H,1-3H3. The molecule has 0 bridgehead atoms. The molecule has 7 aromatic carbocycles. The summed E-state index contributed by atoms with van der Waals surface area (Å²) in [4.78, 5) is 10.4. The van der Waals surface area contributed by atoms with Gasteiger partial charge in [0, 0.05) is 33.7 Å². The molecule has 0 saturated heterocycles. The summed E-state index contributed by atoms with van der Waals surface area (Å²) in [6.07, 6.45) is 1.89.